The Bertz CT molecular complexity index is 439. The first-order valence-electron chi connectivity index (χ1n) is 6.25. The zero-order valence-electron chi connectivity index (χ0n) is 11.4. The smallest absolute Gasteiger partial charge is 0.276 e. The summed E-state index contributed by atoms with van der Waals surface area (Å²) >= 11 is 0. The highest BCUT2D eigenvalue weighted by Gasteiger charge is 2.15. The van der Waals surface area contributed by atoms with E-state index in [0.29, 0.717) is 18.2 Å². The molecule has 7 nitrogen and oxygen atoms in total. The van der Waals surface area contributed by atoms with Gasteiger partial charge >= 0.3 is 0 Å². The monoisotopic (exact) mass is 268 g/mol. The van der Waals surface area contributed by atoms with Gasteiger partial charge in [0.1, 0.15) is 11.6 Å². The van der Waals surface area contributed by atoms with E-state index in [4.69, 9.17) is 5.11 Å². The zero-order chi connectivity index (χ0) is 14.4. The number of pyridine rings is 1. The van der Waals surface area contributed by atoms with Crippen molar-refractivity contribution < 1.29 is 10.0 Å². The molecule has 1 aromatic heterocycles. The van der Waals surface area contributed by atoms with Crippen LogP contribution in [0.15, 0.2) is 12.1 Å². The van der Waals surface area contributed by atoms with Crippen LogP contribution >= 0.6 is 0 Å². The molecular weight excluding hydrogens is 248 g/mol. The molecule has 0 bridgehead atoms. The van der Waals surface area contributed by atoms with Crippen LogP contribution < -0.4 is 10.6 Å². The van der Waals surface area contributed by atoms with E-state index < -0.39 is 4.92 Å². The quantitative estimate of drug-likeness (QED) is 0.515. The first-order chi connectivity index (χ1) is 8.97. The molecule has 0 aliphatic heterocycles. The average Bonchev–Trinajstić information content (AvgIpc) is 2.37. The van der Waals surface area contributed by atoms with Gasteiger partial charge in [-0.1, -0.05) is 6.92 Å². The highest BCUT2D eigenvalue weighted by molar-refractivity contribution is 5.55. The van der Waals surface area contributed by atoms with Crippen LogP contribution in [-0.4, -0.2) is 34.2 Å². The van der Waals surface area contributed by atoms with E-state index >= 15 is 0 Å². The standard InChI is InChI=1S/C12H20N4O3/c1-4-13-11-5-10(16(18)19)6-12(15-11)14-9(3)8(2)7-17/h5-6,8-9,17H,4,7H2,1-3H3,(H2,13,14,15). The fourth-order valence-electron chi connectivity index (χ4n) is 1.50. The van der Waals surface area contributed by atoms with E-state index in [0.717, 1.165) is 0 Å². The maximum Gasteiger partial charge on any atom is 0.276 e. The van der Waals surface area contributed by atoms with Gasteiger partial charge in [-0.2, -0.15) is 0 Å². The van der Waals surface area contributed by atoms with Crippen molar-refractivity contribution in [2.45, 2.75) is 26.8 Å². The van der Waals surface area contributed by atoms with E-state index in [9.17, 15) is 10.1 Å². The first-order valence-corrected chi connectivity index (χ1v) is 6.25. The van der Waals surface area contributed by atoms with Crippen molar-refractivity contribution in [1.82, 2.24) is 4.98 Å². The van der Waals surface area contributed by atoms with Crippen molar-refractivity contribution >= 4 is 17.3 Å². The lowest BCUT2D eigenvalue weighted by molar-refractivity contribution is -0.384. The molecule has 106 valence electrons. The van der Waals surface area contributed by atoms with Crippen molar-refractivity contribution in [3.8, 4) is 0 Å². The van der Waals surface area contributed by atoms with Crippen molar-refractivity contribution in [3.05, 3.63) is 22.2 Å². The second-order valence-electron chi connectivity index (χ2n) is 4.48. The predicted molar refractivity (Wildman–Crippen MR) is 74.4 cm³/mol. The highest BCUT2D eigenvalue weighted by atomic mass is 16.6. The fraction of sp³-hybridized carbons (Fsp3) is 0.583. The van der Waals surface area contributed by atoms with E-state index in [1.165, 1.54) is 12.1 Å². The summed E-state index contributed by atoms with van der Waals surface area (Å²) < 4.78 is 0. The Hall–Kier alpha value is -1.89. The summed E-state index contributed by atoms with van der Waals surface area (Å²) in [7, 11) is 0. The Kier molecular flexibility index (Phi) is 5.50. The summed E-state index contributed by atoms with van der Waals surface area (Å²) in [6.45, 7) is 6.36. The third kappa shape index (κ3) is 4.36. The van der Waals surface area contributed by atoms with E-state index in [-0.39, 0.29) is 24.3 Å². The molecule has 0 amide bonds. The molecule has 19 heavy (non-hydrogen) atoms. The van der Waals surface area contributed by atoms with Gasteiger partial charge in [-0.3, -0.25) is 10.1 Å². The van der Waals surface area contributed by atoms with E-state index in [2.05, 4.69) is 15.6 Å². The molecule has 0 spiro atoms. The Balaban J connectivity index is 2.95. The number of hydrogen-bond donors (Lipinski definition) is 3. The number of aromatic nitrogens is 1. The number of hydrogen-bond acceptors (Lipinski definition) is 6. The molecule has 7 heteroatoms. The number of aliphatic hydroxyl groups excluding tert-OH is 1. The lowest BCUT2D eigenvalue weighted by Crippen LogP contribution is -2.26. The van der Waals surface area contributed by atoms with Crippen LogP contribution in [0.1, 0.15) is 20.8 Å². The van der Waals surface area contributed by atoms with Crippen LogP contribution in [0.2, 0.25) is 0 Å². The highest BCUT2D eigenvalue weighted by Crippen LogP contribution is 2.21. The topological polar surface area (TPSA) is 100 Å². The third-order valence-electron chi connectivity index (χ3n) is 2.90. The second-order valence-corrected chi connectivity index (χ2v) is 4.48. The molecule has 0 saturated carbocycles. The van der Waals surface area contributed by atoms with Crippen LogP contribution in [0.5, 0.6) is 0 Å². The summed E-state index contributed by atoms with van der Waals surface area (Å²) in [6, 6.07) is 2.75. The molecule has 0 aliphatic carbocycles. The van der Waals surface area contributed by atoms with E-state index in [1.54, 1.807) is 0 Å². The number of aliphatic hydroxyl groups is 1. The first kappa shape index (κ1) is 15.2. The lowest BCUT2D eigenvalue weighted by atomic mass is 10.1. The van der Waals surface area contributed by atoms with Gasteiger partial charge in [0.25, 0.3) is 5.69 Å². The molecule has 0 radical (unpaired) electrons. The van der Waals surface area contributed by atoms with Gasteiger partial charge in [0.2, 0.25) is 0 Å². The molecule has 0 aromatic carbocycles. The molecule has 2 unspecified atom stereocenters. The van der Waals surface area contributed by atoms with Crippen molar-refractivity contribution in [2.24, 2.45) is 5.92 Å². The average molecular weight is 268 g/mol. The molecular formula is C12H20N4O3. The maximum absolute atomic E-state index is 10.9. The maximum atomic E-state index is 10.9. The largest absolute Gasteiger partial charge is 0.396 e. The van der Waals surface area contributed by atoms with Crippen molar-refractivity contribution in [3.63, 3.8) is 0 Å². The second kappa shape index (κ2) is 6.89. The molecule has 1 heterocycles. The third-order valence-corrected chi connectivity index (χ3v) is 2.90. The van der Waals surface area contributed by atoms with Gasteiger partial charge in [0, 0.05) is 19.2 Å². The summed E-state index contributed by atoms with van der Waals surface area (Å²) in [4.78, 5) is 14.7. The number of nitro groups is 1. The van der Waals surface area contributed by atoms with Gasteiger partial charge in [-0.15, -0.1) is 0 Å². The summed E-state index contributed by atoms with van der Waals surface area (Å²) in [6.07, 6.45) is 0. The zero-order valence-corrected chi connectivity index (χ0v) is 11.4. The molecule has 1 aromatic rings. The Morgan fingerprint density at radius 1 is 1.42 bits per heavy atom. The molecule has 3 N–H and O–H groups in total. The Labute approximate surface area is 112 Å². The molecule has 2 atom stereocenters. The van der Waals surface area contributed by atoms with Crippen LogP contribution in [-0.2, 0) is 0 Å². The van der Waals surface area contributed by atoms with E-state index in [1.807, 2.05) is 20.8 Å². The number of nitrogens with zero attached hydrogens (tertiary/aromatic N) is 2. The number of nitrogens with one attached hydrogen (secondary N) is 2. The molecule has 0 aliphatic rings. The summed E-state index contributed by atoms with van der Waals surface area (Å²) in [5.41, 5.74) is -0.0164. The SMILES string of the molecule is CCNc1cc([N+](=O)[O-])cc(NC(C)C(C)CO)n1. The normalized spacial score (nSPS) is 13.7. The Morgan fingerprint density at radius 3 is 2.58 bits per heavy atom. The Morgan fingerprint density at radius 2 is 2.05 bits per heavy atom. The summed E-state index contributed by atoms with van der Waals surface area (Å²) in [5.74, 6) is 0.921. The van der Waals surface area contributed by atoms with Gasteiger partial charge in [0.05, 0.1) is 17.1 Å². The van der Waals surface area contributed by atoms with Crippen molar-refractivity contribution in [1.29, 1.82) is 0 Å². The predicted octanol–water partition coefficient (Wildman–Crippen LogP) is 1.85. The van der Waals surface area contributed by atoms with Gasteiger partial charge in [-0.25, -0.2) is 4.98 Å². The van der Waals surface area contributed by atoms with Gasteiger partial charge in [0.15, 0.2) is 0 Å². The fourth-order valence-corrected chi connectivity index (χ4v) is 1.50. The molecule has 0 saturated heterocycles. The number of anilines is 2. The summed E-state index contributed by atoms with van der Waals surface area (Å²) in [5, 5.41) is 26.0. The molecule has 0 fully saturated rings. The lowest BCUT2D eigenvalue weighted by Gasteiger charge is -2.20. The minimum absolute atomic E-state index is 0.0164. The van der Waals surface area contributed by atoms with Crippen molar-refractivity contribution in [2.75, 3.05) is 23.8 Å². The minimum atomic E-state index is -0.451. The van der Waals surface area contributed by atoms with Crippen LogP contribution in [0.4, 0.5) is 17.3 Å². The van der Waals surface area contributed by atoms with Crippen LogP contribution in [0.25, 0.3) is 0 Å². The minimum Gasteiger partial charge on any atom is -0.396 e. The van der Waals surface area contributed by atoms with Gasteiger partial charge in [-0.05, 0) is 19.8 Å². The van der Waals surface area contributed by atoms with Crippen LogP contribution in [0.3, 0.4) is 0 Å². The number of rotatable bonds is 7. The molecule has 1 rings (SSSR count). The van der Waals surface area contributed by atoms with Gasteiger partial charge < -0.3 is 15.7 Å². The van der Waals surface area contributed by atoms with Crippen LogP contribution in [0, 0.1) is 16.0 Å².